The van der Waals surface area contributed by atoms with Gasteiger partial charge in [0.2, 0.25) is 0 Å². The van der Waals surface area contributed by atoms with Gasteiger partial charge in [-0.15, -0.1) is 4.91 Å². The number of benzene rings is 2. The van der Waals surface area contributed by atoms with Crippen molar-refractivity contribution in [3.8, 4) is 0 Å². The molecule has 4 nitrogen and oxygen atoms in total. The average Bonchev–Trinajstić information content (AvgIpc) is 2.38. The standard InChI is InChI=1S/C13H11N3O/c14-11-6-2-4-8-13(11)15-9-10-5-1-3-7-12(10)16-17/h1-9H,14H2/b15-9+. The number of rotatable bonds is 3. The summed E-state index contributed by atoms with van der Waals surface area (Å²) in [5.74, 6) is 0. The third-order valence-electron chi connectivity index (χ3n) is 2.31. The molecule has 0 spiro atoms. The molecule has 0 aliphatic rings. The number of hydrogen-bond acceptors (Lipinski definition) is 4. The minimum atomic E-state index is 0.366. The zero-order chi connectivity index (χ0) is 12.1. The first kappa shape index (κ1) is 11.0. The third kappa shape index (κ3) is 2.55. The second-order valence-corrected chi connectivity index (χ2v) is 3.47. The smallest absolute Gasteiger partial charge is 0.116 e. The Hall–Kier alpha value is -2.49. The average molecular weight is 225 g/mol. The molecule has 0 atom stereocenters. The molecule has 0 saturated heterocycles. The van der Waals surface area contributed by atoms with Gasteiger partial charge in [0, 0.05) is 11.8 Å². The van der Waals surface area contributed by atoms with Crippen LogP contribution in [0.5, 0.6) is 0 Å². The molecule has 0 aliphatic carbocycles. The van der Waals surface area contributed by atoms with Gasteiger partial charge in [0.25, 0.3) is 0 Å². The molecule has 0 bridgehead atoms. The van der Waals surface area contributed by atoms with E-state index in [-0.39, 0.29) is 0 Å². The van der Waals surface area contributed by atoms with Crippen LogP contribution in [0.1, 0.15) is 5.56 Å². The molecule has 0 amide bonds. The zero-order valence-electron chi connectivity index (χ0n) is 9.08. The molecular weight excluding hydrogens is 214 g/mol. The van der Waals surface area contributed by atoms with Gasteiger partial charge in [-0.1, -0.05) is 30.3 Å². The quantitative estimate of drug-likeness (QED) is 0.494. The summed E-state index contributed by atoms with van der Waals surface area (Å²) in [7, 11) is 0. The molecular formula is C13H11N3O. The highest BCUT2D eigenvalue weighted by atomic mass is 16.3. The van der Waals surface area contributed by atoms with Crippen molar-refractivity contribution in [2.24, 2.45) is 10.2 Å². The Balaban J connectivity index is 2.32. The fourth-order valence-electron chi connectivity index (χ4n) is 1.42. The Morgan fingerprint density at radius 3 is 2.29 bits per heavy atom. The molecule has 84 valence electrons. The van der Waals surface area contributed by atoms with Crippen molar-refractivity contribution in [3.05, 3.63) is 59.0 Å². The molecule has 2 aromatic rings. The maximum absolute atomic E-state index is 10.6. The van der Waals surface area contributed by atoms with E-state index in [9.17, 15) is 4.91 Å². The van der Waals surface area contributed by atoms with Gasteiger partial charge in [0.05, 0.1) is 11.4 Å². The van der Waals surface area contributed by atoms with Crippen LogP contribution >= 0.6 is 0 Å². The Bertz CT molecular complexity index is 564. The second-order valence-electron chi connectivity index (χ2n) is 3.47. The number of para-hydroxylation sites is 2. The van der Waals surface area contributed by atoms with E-state index >= 15 is 0 Å². The lowest BCUT2D eigenvalue weighted by atomic mass is 10.2. The van der Waals surface area contributed by atoms with E-state index in [2.05, 4.69) is 10.2 Å². The number of anilines is 1. The molecule has 0 fully saturated rings. The molecule has 2 rings (SSSR count). The van der Waals surface area contributed by atoms with E-state index in [4.69, 9.17) is 5.73 Å². The minimum Gasteiger partial charge on any atom is -0.397 e. The summed E-state index contributed by atoms with van der Waals surface area (Å²) in [5, 5.41) is 2.93. The monoisotopic (exact) mass is 225 g/mol. The van der Waals surface area contributed by atoms with Gasteiger partial charge in [-0.05, 0) is 23.4 Å². The maximum atomic E-state index is 10.6. The van der Waals surface area contributed by atoms with Gasteiger partial charge in [-0.2, -0.15) is 0 Å². The van der Waals surface area contributed by atoms with E-state index in [1.54, 1.807) is 30.5 Å². The minimum absolute atomic E-state index is 0.366. The fourth-order valence-corrected chi connectivity index (χ4v) is 1.42. The number of hydrogen-bond donors (Lipinski definition) is 1. The highest BCUT2D eigenvalue weighted by molar-refractivity contribution is 5.89. The van der Waals surface area contributed by atoms with Crippen LogP contribution in [0.25, 0.3) is 0 Å². The summed E-state index contributed by atoms with van der Waals surface area (Å²) in [4.78, 5) is 14.8. The molecule has 2 N–H and O–H groups in total. The van der Waals surface area contributed by atoms with Gasteiger partial charge in [0.15, 0.2) is 0 Å². The highest BCUT2D eigenvalue weighted by Crippen LogP contribution is 2.22. The molecule has 0 aromatic heterocycles. The van der Waals surface area contributed by atoms with Crippen molar-refractivity contribution in [3.63, 3.8) is 0 Å². The van der Waals surface area contributed by atoms with E-state index in [0.717, 1.165) is 0 Å². The molecule has 0 unspecified atom stereocenters. The summed E-state index contributed by atoms with van der Waals surface area (Å²) in [6, 6.07) is 14.3. The third-order valence-corrected chi connectivity index (χ3v) is 2.31. The first-order valence-electron chi connectivity index (χ1n) is 5.12. The maximum Gasteiger partial charge on any atom is 0.116 e. The Kier molecular flexibility index (Phi) is 3.25. The van der Waals surface area contributed by atoms with E-state index in [1.165, 1.54) is 0 Å². The predicted molar refractivity (Wildman–Crippen MR) is 70.0 cm³/mol. The molecule has 4 heteroatoms. The van der Waals surface area contributed by atoms with Crippen LogP contribution in [-0.4, -0.2) is 6.21 Å². The van der Waals surface area contributed by atoms with Crippen LogP contribution in [0.15, 0.2) is 58.7 Å². The summed E-state index contributed by atoms with van der Waals surface area (Å²) in [5.41, 5.74) is 8.07. The van der Waals surface area contributed by atoms with Crippen LogP contribution in [0.4, 0.5) is 17.1 Å². The van der Waals surface area contributed by atoms with Crippen molar-refractivity contribution in [2.45, 2.75) is 0 Å². The van der Waals surface area contributed by atoms with Crippen molar-refractivity contribution < 1.29 is 0 Å². The SMILES string of the molecule is Nc1ccccc1/N=C/c1ccccc1N=O. The van der Waals surface area contributed by atoms with E-state index in [1.807, 2.05) is 24.3 Å². The Morgan fingerprint density at radius 2 is 1.59 bits per heavy atom. The van der Waals surface area contributed by atoms with Crippen LogP contribution in [0.2, 0.25) is 0 Å². The molecule has 0 aliphatic heterocycles. The van der Waals surface area contributed by atoms with Crippen LogP contribution in [-0.2, 0) is 0 Å². The first-order valence-corrected chi connectivity index (χ1v) is 5.12. The molecule has 0 radical (unpaired) electrons. The number of nitroso groups, excluding NO2 is 1. The number of nitrogens with zero attached hydrogens (tertiary/aromatic N) is 2. The molecule has 2 aromatic carbocycles. The zero-order valence-corrected chi connectivity index (χ0v) is 9.08. The van der Waals surface area contributed by atoms with Crippen molar-refractivity contribution in [2.75, 3.05) is 5.73 Å². The Morgan fingerprint density at radius 1 is 0.941 bits per heavy atom. The lowest BCUT2D eigenvalue weighted by Crippen LogP contribution is -1.85. The lowest BCUT2D eigenvalue weighted by molar-refractivity contribution is 1.47. The van der Waals surface area contributed by atoms with Gasteiger partial charge < -0.3 is 5.73 Å². The fraction of sp³-hybridized carbons (Fsp3) is 0. The van der Waals surface area contributed by atoms with Crippen molar-refractivity contribution in [1.82, 2.24) is 0 Å². The summed E-state index contributed by atoms with van der Waals surface area (Å²) in [6.45, 7) is 0. The molecule has 0 heterocycles. The van der Waals surface area contributed by atoms with Gasteiger partial charge in [0.1, 0.15) is 5.69 Å². The predicted octanol–water partition coefficient (Wildman–Crippen LogP) is 3.42. The second kappa shape index (κ2) is 5.03. The normalized spacial score (nSPS) is 10.6. The summed E-state index contributed by atoms with van der Waals surface area (Å²) >= 11 is 0. The number of aliphatic imine (C=N–C) groups is 1. The highest BCUT2D eigenvalue weighted by Gasteiger charge is 1.98. The van der Waals surface area contributed by atoms with E-state index < -0.39 is 0 Å². The van der Waals surface area contributed by atoms with Gasteiger partial charge >= 0.3 is 0 Å². The van der Waals surface area contributed by atoms with Crippen molar-refractivity contribution in [1.29, 1.82) is 0 Å². The molecule has 0 saturated carbocycles. The van der Waals surface area contributed by atoms with Crippen LogP contribution in [0, 0.1) is 4.91 Å². The largest absolute Gasteiger partial charge is 0.397 e. The van der Waals surface area contributed by atoms with E-state index in [0.29, 0.717) is 22.6 Å². The molecule has 17 heavy (non-hydrogen) atoms. The lowest BCUT2D eigenvalue weighted by Gasteiger charge is -1.99. The van der Waals surface area contributed by atoms with Crippen LogP contribution in [0.3, 0.4) is 0 Å². The first-order chi connectivity index (χ1) is 8.31. The van der Waals surface area contributed by atoms with Crippen molar-refractivity contribution >= 4 is 23.3 Å². The van der Waals surface area contributed by atoms with Crippen LogP contribution < -0.4 is 5.73 Å². The summed E-state index contributed by atoms with van der Waals surface area (Å²) < 4.78 is 0. The Labute approximate surface area is 98.8 Å². The summed E-state index contributed by atoms with van der Waals surface area (Å²) in [6.07, 6.45) is 1.59. The topological polar surface area (TPSA) is 67.8 Å². The van der Waals surface area contributed by atoms with Gasteiger partial charge in [-0.25, -0.2) is 0 Å². The number of nitrogen functional groups attached to an aromatic ring is 1. The van der Waals surface area contributed by atoms with Gasteiger partial charge in [-0.3, -0.25) is 4.99 Å². The number of nitrogens with two attached hydrogens (primary N) is 1.